The molecule has 0 N–H and O–H groups in total. The van der Waals surface area contributed by atoms with Crippen molar-refractivity contribution in [1.29, 1.82) is 0 Å². The van der Waals surface area contributed by atoms with Crippen molar-refractivity contribution in [2.24, 2.45) is 11.3 Å². The normalized spacial score (nSPS) is 45.7. The van der Waals surface area contributed by atoms with Gasteiger partial charge in [0.1, 0.15) is 11.6 Å². The van der Waals surface area contributed by atoms with E-state index in [0.717, 1.165) is 0 Å². The number of hydrogen-bond donors (Lipinski definition) is 0. The van der Waals surface area contributed by atoms with Crippen molar-refractivity contribution in [1.82, 2.24) is 0 Å². The van der Waals surface area contributed by atoms with Gasteiger partial charge in [0.05, 0.1) is 5.60 Å². The third-order valence-electron chi connectivity index (χ3n) is 4.52. The summed E-state index contributed by atoms with van der Waals surface area (Å²) >= 11 is 0. The molecule has 0 aromatic heterocycles. The second-order valence-corrected chi connectivity index (χ2v) is 5.41. The molecule has 2 fully saturated rings. The zero-order chi connectivity index (χ0) is 11.3. The monoisotopic (exact) mass is 210 g/mol. The maximum absolute atomic E-state index is 11.6. The molecule has 0 aromatic rings. The predicted molar refractivity (Wildman–Crippen MR) is 55.5 cm³/mol. The van der Waals surface area contributed by atoms with Crippen molar-refractivity contribution in [2.45, 2.75) is 45.1 Å². The Hall–Kier alpha value is -0.700. The first-order valence-corrected chi connectivity index (χ1v) is 5.50. The van der Waals surface area contributed by atoms with Crippen LogP contribution in [0.4, 0.5) is 0 Å². The Morgan fingerprint density at radius 1 is 1.13 bits per heavy atom. The van der Waals surface area contributed by atoms with Crippen LogP contribution in [0.1, 0.15) is 39.5 Å². The van der Waals surface area contributed by atoms with Crippen molar-refractivity contribution >= 4 is 11.6 Å². The van der Waals surface area contributed by atoms with Crippen LogP contribution in [0.25, 0.3) is 0 Å². The molecule has 84 valence electrons. The topological polar surface area (TPSA) is 43.4 Å². The van der Waals surface area contributed by atoms with Gasteiger partial charge in [-0.15, -0.1) is 0 Å². The first-order chi connectivity index (χ1) is 6.91. The van der Waals surface area contributed by atoms with E-state index in [4.69, 9.17) is 4.74 Å². The quantitative estimate of drug-likeness (QED) is 0.662. The zero-order valence-electron chi connectivity index (χ0n) is 9.63. The SMILES string of the molecule is COC1(C)C2CC(=O)CC1(C)CC(=O)C2. The van der Waals surface area contributed by atoms with E-state index in [1.165, 1.54) is 0 Å². The van der Waals surface area contributed by atoms with Crippen molar-refractivity contribution in [3.05, 3.63) is 0 Å². The highest BCUT2D eigenvalue weighted by Crippen LogP contribution is 2.54. The number of fused-ring (bicyclic) bond motifs is 2. The molecule has 0 spiro atoms. The summed E-state index contributed by atoms with van der Waals surface area (Å²) in [6.07, 6.45) is 1.98. The van der Waals surface area contributed by atoms with E-state index in [0.29, 0.717) is 25.7 Å². The Morgan fingerprint density at radius 3 is 1.93 bits per heavy atom. The molecule has 2 rings (SSSR count). The molecular weight excluding hydrogens is 192 g/mol. The van der Waals surface area contributed by atoms with Crippen LogP contribution in [0.2, 0.25) is 0 Å². The number of ether oxygens (including phenoxy) is 1. The zero-order valence-corrected chi connectivity index (χ0v) is 9.63. The van der Waals surface area contributed by atoms with Crippen LogP contribution in [-0.2, 0) is 14.3 Å². The summed E-state index contributed by atoms with van der Waals surface area (Å²) in [6, 6.07) is 0. The van der Waals surface area contributed by atoms with Gasteiger partial charge in [0, 0.05) is 44.1 Å². The molecule has 2 aliphatic carbocycles. The fourth-order valence-corrected chi connectivity index (χ4v) is 3.35. The lowest BCUT2D eigenvalue weighted by atomic mass is 9.53. The van der Waals surface area contributed by atoms with Crippen LogP contribution in [-0.4, -0.2) is 24.3 Å². The predicted octanol–water partition coefficient (Wildman–Crippen LogP) is 1.74. The third kappa shape index (κ3) is 1.36. The average molecular weight is 210 g/mol. The van der Waals surface area contributed by atoms with E-state index >= 15 is 0 Å². The van der Waals surface area contributed by atoms with Crippen LogP contribution < -0.4 is 0 Å². The highest BCUT2D eigenvalue weighted by molar-refractivity contribution is 5.88. The van der Waals surface area contributed by atoms with E-state index in [-0.39, 0.29) is 28.5 Å². The number of Topliss-reactive ketones (excluding diaryl/α,β-unsaturated/α-hetero) is 2. The number of rotatable bonds is 1. The lowest BCUT2D eigenvalue weighted by Gasteiger charge is -2.55. The summed E-state index contributed by atoms with van der Waals surface area (Å²) in [5, 5.41) is 0. The molecule has 2 aliphatic rings. The van der Waals surface area contributed by atoms with Crippen LogP contribution in [0.3, 0.4) is 0 Å². The minimum absolute atomic E-state index is 0.0787. The van der Waals surface area contributed by atoms with Crippen LogP contribution >= 0.6 is 0 Å². The Balaban J connectivity index is 2.42. The average Bonchev–Trinajstić information content (AvgIpc) is 2.10. The molecule has 3 nitrogen and oxygen atoms in total. The number of hydrogen-bond acceptors (Lipinski definition) is 3. The summed E-state index contributed by atoms with van der Waals surface area (Å²) in [6.45, 7) is 4.06. The minimum Gasteiger partial charge on any atom is -0.378 e. The molecule has 2 saturated carbocycles. The molecule has 2 bridgehead atoms. The van der Waals surface area contributed by atoms with Gasteiger partial charge in [0.2, 0.25) is 0 Å². The lowest BCUT2D eigenvalue weighted by molar-refractivity contribution is -0.186. The largest absolute Gasteiger partial charge is 0.378 e. The van der Waals surface area contributed by atoms with Gasteiger partial charge >= 0.3 is 0 Å². The van der Waals surface area contributed by atoms with Gasteiger partial charge in [-0.3, -0.25) is 9.59 Å². The highest BCUT2D eigenvalue weighted by atomic mass is 16.5. The van der Waals surface area contributed by atoms with E-state index in [1.54, 1.807) is 7.11 Å². The minimum atomic E-state index is -0.311. The molecule has 0 amide bonds. The van der Waals surface area contributed by atoms with Gasteiger partial charge in [-0.1, -0.05) is 6.92 Å². The standard InChI is InChI=1S/C12H18O3/c1-11-6-9(13)4-8(5-10(14)7-11)12(11,2)15-3/h8H,4-7H2,1-3H3. The summed E-state index contributed by atoms with van der Waals surface area (Å²) in [5.41, 5.74) is -0.605. The second-order valence-electron chi connectivity index (χ2n) is 5.41. The molecule has 1 unspecified atom stereocenters. The van der Waals surface area contributed by atoms with Gasteiger partial charge in [0.15, 0.2) is 0 Å². The van der Waals surface area contributed by atoms with E-state index in [9.17, 15) is 9.59 Å². The number of methoxy groups -OCH3 is 1. The Kier molecular flexibility index (Phi) is 2.26. The van der Waals surface area contributed by atoms with Gasteiger partial charge in [-0.2, -0.15) is 0 Å². The van der Waals surface area contributed by atoms with Gasteiger partial charge in [-0.05, 0) is 6.92 Å². The maximum atomic E-state index is 11.6. The molecule has 0 heterocycles. The van der Waals surface area contributed by atoms with E-state index in [1.807, 2.05) is 6.92 Å². The molecule has 1 atom stereocenters. The van der Waals surface area contributed by atoms with Crippen molar-refractivity contribution in [3.63, 3.8) is 0 Å². The first kappa shape index (κ1) is 10.8. The fourth-order valence-electron chi connectivity index (χ4n) is 3.35. The molecule has 0 aromatic carbocycles. The Bertz CT molecular complexity index is 301. The molecule has 0 saturated heterocycles. The van der Waals surface area contributed by atoms with Crippen molar-refractivity contribution in [2.75, 3.05) is 7.11 Å². The number of carbonyl (C=O) groups excluding carboxylic acids is 2. The maximum Gasteiger partial charge on any atom is 0.133 e. The van der Waals surface area contributed by atoms with Gasteiger partial charge in [0.25, 0.3) is 0 Å². The second kappa shape index (κ2) is 3.14. The van der Waals surface area contributed by atoms with Gasteiger partial charge < -0.3 is 4.74 Å². The van der Waals surface area contributed by atoms with Crippen LogP contribution in [0.15, 0.2) is 0 Å². The fraction of sp³-hybridized carbons (Fsp3) is 0.833. The summed E-state index contributed by atoms with van der Waals surface area (Å²) in [7, 11) is 1.69. The van der Waals surface area contributed by atoms with Crippen LogP contribution in [0.5, 0.6) is 0 Å². The molecule has 15 heavy (non-hydrogen) atoms. The van der Waals surface area contributed by atoms with Crippen molar-refractivity contribution in [3.8, 4) is 0 Å². The Labute approximate surface area is 90.2 Å². The molecule has 3 heteroatoms. The summed E-state index contributed by atoms with van der Waals surface area (Å²) in [4.78, 5) is 23.3. The van der Waals surface area contributed by atoms with Crippen molar-refractivity contribution < 1.29 is 14.3 Å². The first-order valence-electron chi connectivity index (χ1n) is 5.50. The van der Waals surface area contributed by atoms with Gasteiger partial charge in [-0.25, -0.2) is 0 Å². The van der Waals surface area contributed by atoms with E-state index in [2.05, 4.69) is 6.92 Å². The third-order valence-corrected chi connectivity index (χ3v) is 4.52. The molecule has 0 aliphatic heterocycles. The molecular formula is C12H18O3. The number of carbonyl (C=O) groups is 2. The van der Waals surface area contributed by atoms with Crippen LogP contribution in [0, 0.1) is 11.3 Å². The summed E-state index contributed by atoms with van der Waals surface area (Å²) in [5.74, 6) is 0.643. The number of ketones is 2. The Morgan fingerprint density at radius 2 is 1.60 bits per heavy atom. The van der Waals surface area contributed by atoms with E-state index < -0.39 is 0 Å². The smallest absolute Gasteiger partial charge is 0.133 e. The summed E-state index contributed by atoms with van der Waals surface area (Å²) < 4.78 is 5.64. The molecule has 0 radical (unpaired) electrons. The highest BCUT2D eigenvalue weighted by Gasteiger charge is 2.58. The lowest BCUT2D eigenvalue weighted by Crippen LogP contribution is -2.60.